The molecule has 0 unspecified atom stereocenters. The van der Waals surface area contributed by atoms with E-state index in [0.29, 0.717) is 26.2 Å². The molecule has 0 aromatic carbocycles. The number of hydrogen-bond donors (Lipinski definition) is 2. The van der Waals surface area contributed by atoms with Crippen molar-refractivity contribution in [2.45, 2.75) is 26.3 Å². The highest BCUT2D eigenvalue weighted by molar-refractivity contribution is 5.82. The molecule has 0 aliphatic carbocycles. The Bertz CT molecular complexity index is 307. The molecule has 0 aromatic heterocycles. The van der Waals surface area contributed by atoms with Crippen LogP contribution in [0, 0.1) is 5.92 Å². The molecule has 1 fully saturated rings. The number of rotatable bonds is 4. The Balaban J connectivity index is 2.51. The van der Waals surface area contributed by atoms with E-state index in [0.717, 1.165) is 6.42 Å². The van der Waals surface area contributed by atoms with Crippen molar-refractivity contribution in [3.63, 3.8) is 0 Å². The zero-order chi connectivity index (χ0) is 13.7. The second-order valence-corrected chi connectivity index (χ2v) is 5.12. The van der Waals surface area contributed by atoms with Crippen LogP contribution in [0.25, 0.3) is 0 Å². The lowest BCUT2D eigenvalue weighted by atomic mass is 10.0. The van der Waals surface area contributed by atoms with Gasteiger partial charge in [0.2, 0.25) is 5.91 Å². The first kappa shape index (κ1) is 14.9. The summed E-state index contributed by atoms with van der Waals surface area (Å²) in [5.41, 5.74) is 5.86. The Morgan fingerprint density at radius 2 is 1.89 bits per heavy atom. The molecule has 104 valence electrons. The van der Waals surface area contributed by atoms with Crippen molar-refractivity contribution in [2.24, 2.45) is 11.7 Å². The Morgan fingerprint density at radius 1 is 1.22 bits per heavy atom. The molecule has 1 saturated heterocycles. The van der Waals surface area contributed by atoms with E-state index in [2.05, 4.69) is 0 Å². The van der Waals surface area contributed by atoms with Crippen LogP contribution in [0.4, 0.5) is 0 Å². The van der Waals surface area contributed by atoms with Gasteiger partial charge in [0.05, 0.1) is 12.6 Å². The first-order valence-electron chi connectivity index (χ1n) is 6.40. The quantitative estimate of drug-likeness (QED) is 0.715. The number of hydrogen-bond acceptors (Lipinski definition) is 4. The van der Waals surface area contributed by atoms with Gasteiger partial charge >= 0.3 is 5.97 Å². The molecule has 0 saturated carbocycles. The first-order chi connectivity index (χ1) is 8.41. The number of nitrogens with two attached hydrogens (primary N) is 1. The van der Waals surface area contributed by atoms with Gasteiger partial charge in [0.25, 0.3) is 0 Å². The Labute approximate surface area is 108 Å². The van der Waals surface area contributed by atoms with Gasteiger partial charge in [-0.3, -0.25) is 14.5 Å². The van der Waals surface area contributed by atoms with Gasteiger partial charge in [0, 0.05) is 26.2 Å². The highest BCUT2D eigenvalue weighted by atomic mass is 16.4. The van der Waals surface area contributed by atoms with E-state index in [1.165, 1.54) is 0 Å². The third kappa shape index (κ3) is 4.27. The van der Waals surface area contributed by atoms with Crippen molar-refractivity contribution in [1.29, 1.82) is 0 Å². The van der Waals surface area contributed by atoms with Crippen LogP contribution in [0.1, 0.15) is 20.3 Å². The SMILES string of the molecule is CC(C)[C@H](N)C(=O)N1CCCN(CC(=O)O)CC1. The lowest BCUT2D eigenvalue weighted by Gasteiger charge is -2.26. The van der Waals surface area contributed by atoms with Gasteiger partial charge in [0.1, 0.15) is 0 Å². The van der Waals surface area contributed by atoms with Crippen molar-refractivity contribution in [1.82, 2.24) is 9.80 Å². The summed E-state index contributed by atoms with van der Waals surface area (Å²) >= 11 is 0. The molecule has 3 N–H and O–H groups in total. The first-order valence-corrected chi connectivity index (χ1v) is 6.40. The molecule has 1 amide bonds. The maximum absolute atomic E-state index is 12.1. The summed E-state index contributed by atoms with van der Waals surface area (Å²) in [4.78, 5) is 26.4. The molecular formula is C12H23N3O3. The zero-order valence-electron chi connectivity index (χ0n) is 11.1. The van der Waals surface area contributed by atoms with Gasteiger partial charge in [-0.2, -0.15) is 0 Å². The fourth-order valence-electron chi connectivity index (χ4n) is 2.04. The molecule has 1 aliphatic rings. The Morgan fingerprint density at radius 3 is 2.44 bits per heavy atom. The number of carboxylic acids is 1. The minimum absolute atomic E-state index is 0.0258. The number of carboxylic acid groups (broad SMARTS) is 1. The molecule has 6 heteroatoms. The van der Waals surface area contributed by atoms with E-state index in [9.17, 15) is 9.59 Å². The standard InChI is InChI=1S/C12H23N3O3/c1-9(2)11(13)12(18)15-5-3-4-14(6-7-15)8-10(16)17/h9,11H,3-8,13H2,1-2H3,(H,16,17)/t11-/m0/s1. The van der Waals surface area contributed by atoms with Crippen LogP contribution in [0.5, 0.6) is 0 Å². The molecule has 1 atom stereocenters. The van der Waals surface area contributed by atoms with Gasteiger partial charge in [-0.15, -0.1) is 0 Å². The number of aliphatic carboxylic acids is 1. The average molecular weight is 257 g/mol. The van der Waals surface area contributed by atoms with E-state index in [1.54, 1.807) is 4.90 Å². The maximum atomic E-state index is 12.1. The van der Waals surface area contributed by atoms with Gasteiger partial charge in [-0.25, -0.2) is 0 Å². The summed E-state index contributed by atoms with van der Waals surface area (Å²) in [5, 5.41) is 8.75. The van der Waals surface area contributed by atoms with E-state index in [1.807, 2.05) is 18.7 Å². The molecule has 0 bridgehead atoms. The topological polar surface area (TPSA) is 86.9 Å². The van der Waals surface area contributed by atoms with Crippen LogP contribution in [0.3, 0.4) is 0 Å². The van der Waals surface area contributed by atoms with Crippen molar-refractivity contribution >= 4 is 11.9 Å². The lowest BCUT2D eigenvalue weighted by Crippen LogP contribution is -2.47. The lowest BCUT2D eigenvalue weighted by molar-refractivity contribution is -0.138. The van der Waals surface area contributed by atoms with E-state index >= 15 is 0 Å². The molecule has 0 aromatic rings. The maximum Gasteiger partial charge on any atom is 0.317 e. The molecular weight excluding hydrogens is 234 g/mol. The third-order valence-corrected chi connectivity index (χ3v) is 3.26. The van der Waals surface area contributed by atoms with Gasteiger partial charge in [0.15, 0.2) is 0 Å². The second-order valence-electron chi connectivity index (χ2n) is 5.12. The Kier molecular flexibility index (Phi) is 5.55. The van der Waals surface area contributed by atoms with Crippen molar-refractivity contribution in [2.75, 3.05) is 32.7 Å². The van der Waals surface area contributed by atoms with E-state index < -0.39 is 12.0 Å². The van der Waals surface area contributed by atoms with Crippen LogP contribution >= 0.6 is 0 Å². The normalized spacial score (nSPS) is 19.7. The van der Waals surface area contributed by atoms with Gasteiger partial charge in [-0.1, -0.05) is 13.8 Å². The average Bonchev–Trinajstić information content (AvgIpc) is 2.51. The molecule has 18 heavy (non-hydrogen) atoms. The molecule has 6 nitrogen and oxygen atoms in total. The second kappa shape index (κ2) is 6.70. The van der Waals surface area contributed by atoms with Crippen LogP contribution in [-0.2, 0) is 9.59 Å². The molecule has 0 spiro atoms. The monoisotopic (exact) mass is 257 g/mol. The minimum atomic E-state index is -0.825. The van der Waals surface area contributed by atoms with Crippen molar-refractivity contribution in [3.8, 4) is 0 Å². The number of amides is 1. The largest absolute Gasteiger partial charge is 0.480 e. The minimum Gasteiger partial charge on any atom is -0.480 e. The third-order valence-electron chi connectivity index (χ3n) is 3.26. The summed E-state index contributed by atoms with van der Waals surface area (Å²) in [7, 11) is 0. The van der Waals surface area contributed by atoms with Gasteiger partial charge in [-0.05, 0) is 12.3 Å². The highest BCUT2D eigenvalue weighted by Gasteiger charge is 2.25. The molecule has 1 heterocycles. The fraction of sp³-hybridized carbons (Fsp3) is 0.833. The molecule has 1 aliphatic heterocycles. The fourth-order valence-corrected chi connectivity index (χ4v) is 2.04. The predicted octanol–water partition coefficient (Wildman–Crippen LogP) is -0.411. The summed E-state index contributed by atoms with van der Waals surface area (Å²) < 4.78 is 0. The summed E-state index contributed by atoms with van der Waals surface area (Å²) in [6, 6.07) is -0.462. The molecule has 0 radical (unpaired) electrons. The smallest absolute Gasteiger partial charge is 0.317 e. The van der Waals surface area contributed by atoms with Crippen LogP contribution < -0.4 is 5.73 Å². The van der Waals surface area contributed by atoms with E-state index in [-0.39, 0.29) is 18.4 Å². The van der Waals surface area contributed by atoms with E-state index in [4.69, 9.17) is 10.8 Å². The predicted molar refractivity (Wildman–Crippen MR) is 68.1 cm³/mol. The summed E-state index contributed by atoms with van der Waals surface area (Å²) in [5.74, 6) is -0.730. The highest BCUT2D eigenvalue weighted by Crippen LogP contribution is 2.08. The Hall–Kier alpha value is -1.14. The molecule has 1 rings (SSSR count). The van der Waals surface area contributed by atoms with Crippen LogP contribution in [-0.4, -0.2) is 65.5 Å². The zero-order valence-corrected chi connectivity index (χ0v) is 11.1. The summed E-state index contributed by atoms with van der Waals surface area (Å²) in [6.07, 6.45) is 0.795. The van der Waals surface area contributed by atoms with Gasteiger partial charge < -0.3 is 15.7 Å². The van der Waals surface area contributed by atoms with Crippen molar-refractivity contribution in [3.05, 3.63) is 0 Å². The van der Waals surface area contributed by atoms with Crippen LogP contribution in [0.2, 0.25) is 0 Å². The summed E-state index contributed by atoms with van der Waals surface area (Å²) in [6.45, 7) is 6.43. The number of nitrogens with zero attached hydrogens (tertiary/aromatic N) is 2. The number of carbonyl (C=O) groups excluding carboxylic acids is 1. The van der Waals surface area contributed by atoms with Crippen LogP contribution in [0.15, 0.2) is 0 Å². The van der Waals surface area contributed by atoms with Crippen molar-refractivity contribution < 1.29 is 14.7 Å². The number of carbonyl (C=O) groups is 2.